The van der Waals surface area contributed by atoms with E-state index >= 15 is 0 Å². The van der Waals surface area contributed by atoms with Crippen molar-refractivity contribution in [3.63, 3.8) is 0 Å². The molecular formula is C13H22NO4-. The van der Waals surface area contributed by atoms with Crippen molar-refractivity contribution in [1.29, 1.82) is 0 Å². The number of esters is 1. The second kappa shape index (κ2) is 10.6. The molecule has 0 aromatic rings. The first-order valence-electron chi connectivity index (χ1n) is 6.36. The Balaban J connectivity index is 3.82. The number of carbonyl (C=O) groups is 2. The summed E-state index contributed by atoms with van der Waals surface area (Å²) in [4.78, 5) is 21.6. The zero-order valence-corrected chi connectivity index (χ0v) is 11.2. The molecule has 0 heterocycles. The van der Waals surface area contributed by atoms with Crippen molar-refractivity contribution in [2.75, 3.05) is 13.7 Å². The van der Waals surface area contributed by atoms with Crippen molar-refractivity contribution < 1.29 is 19.4 Å². The van der Waals surface area contributed by atoms with Crippen LogP contribution < -0.4 is 10.4 Å². The van der Waals surface area contributed by atoms with E-state index in [-0.39, 0.29) is 5.70 Å². The fraction of sp³-hybridized carbons (Fsp3) is 0.692. The highest BCUT2D eigenvalue weighted by Gasteiger charge is 2.02. The monoisotopic (exact) mass is 256 g/mol. The van der Waals surface area contributed by atoms with E-state index in [1.807, 2.05) is 0 Å². The third-order valence-corrected chi connectivity index (χ3v) is 2.53. The SMILES string of the molecule is CCCCCCCCNC(=CC(=O)OC)C(=O)[O-]. The Morgan fingerprint density at radius 2 is 1.78 bits per heavy atom. The molecular weight excluding hydrogens is 234 g/mol. The largest absolute Gasteiger partial charge is 0.543 e. The lowest BCUT2D eigenvalue weighted by Crippen LogP contribution is -2.33. The van der Waals surface area contributed by atoms with E-state index in [0.29, 0.717) is 6.54 Å². The van der Waals surface area contributed by atoms with Crippen molar-refractivity contribution >= 4 is 11.9 Å². The molecule has 0 aliphatic heterocycles. The Bertz CT molecular complexity index is 287. The Labute approximate surface area is 108 Å². The number of nitrogens with one attached hydrogen (secondary N) is 1. The molecule has 0 unspecified atom stereocenters. The van der Waals surface area contributed by atoms with Crippen LogP contribution in [0.3, 0.4) is 0 Å². The second-order valence-corrected chi connectivity index (χ2v) is 4.06. The van der Waals surface area contributed by atoms with Gasteiger partial charge in [0, 0.05) is 12.6 Å². The highest BCUT2D eigenvalue weighted by atomic mass is 16.5. The maximum absolute atomic E-state index is 10.9. The minimum Gasteiger partial charge on any atom is -0.543 e. The van der Waals surface area contributed by atoms with E-state index in [4.69, 9.17) is 0 Å². The number of carboxylic acids is 1. The van der Waals surface area contributed by atoms with E-state index in [1.54, 1.807) is 0 Å². The Hall–Kier alpha value is -1.52. The average Bonchev–Trinajstić information content (AvgIpc) is 2.35. The zero-order chi connectivity index (χ0) is 13.8. The van der Waals surface area contributed by atoms with Crippen LogP contribution in [-0.2, 0) is 14.3 Å². The van der Waals surface area contributed by atoms with Crippen LogP contribution in [0.5, 0.6) is 0 Å². The molecule has 0 aromatic carbocycles. The van der Waals surface area contributed by atoms with Crippen LogP contribution in [0.4, 0.5) is 0 Å². The number of ether oxygens (including phenoxy) is 1. The van der Waals surface area contributed by atoms with Gasteiger partial charge in [0.15, 0.2) is 0 Å². The fourth-order valence-electron chi connectivity index (χ4n) is 1.49. The summed E-state index contributed by atoms with van der Waals surface area (Å²) in [5, 5.41) is 13.4. The van der Waals surface area contributed by atoms with E-state index in [1.165, 1.54) is 26.4 Å². The van der Waals surface area contributed by atoms with Gasteiger partial charge in [-0.15, -0.1) is 0 Å². The first-order chi connectivity index (χ1) is 8.61. The molecule has 0 bridgehead atoms. The van der Waals surface area contributed by atoms with Gasteiger partial charge in [0.25, 0.3) is 0 Å². The number of hydrogen-bond donors (Lipinski definition) is 1. The molecule has 5 nitrogen and oxygen atoms in total. The molecule has 0 fully saturated rings. The van der Waals surface area contributed by atoms with Crippen molar-refractivity contribution in [3.05, 3.63) is 11.8 Å². The van der Waals surface area contributed by atoms with Gasteiger partial charge in [-0.1, -0.05) is 39.0 Å². The van der Waals surface area contributed by atoms with E-state index in [2.05, 4.69) is 17.0 Å². The molecule has 0 amide bonds. The van der Waals surface area contributed by atoms with Gasteiger partial charge in [0.1, 0.15) is 0 Å². The lowest BCUT2D eigenvalue weighted by molar-refractivity contribution is -0.299. The standard InChI is InChI=1S/C13H23NO4/c1-3-4-5-6-7-8-9-14-11(13(16)17)10-12(15)18-2/h10,14H,3-9H2,1-2H3,(H,16,17)/p-1. The predicted molar refractivity (Wildman–Crippen MR) is 66.5 cm³/mol. The fourth-order valence-corrected chi connectivity index (χ4v) is 1.49. The van der Waals surface area contributed by atoms with Crippen molar-refractivity contribution in [2.24, 2.45) is 0 Å². The maximum Gasteiger partial charge on any atom is 0.332 e. The molecule has 0 radical (unpaired) electrons. The molecule has 5 heteroatoms. The molecule has 0 atom stereocenters. The van der Waals surface area contributed by atoms with Gasteiger partial charge in [-0.3, -0.25) is 0 Å². The minimum absolute atomic E-state index is 0.226. The van der Waals surface area contributed by atoms with Crippen LogP contribution in [0.1, 0.15) is 45.4 Å². The zero-order valence-electron chi connectivity index (χ0n) is 11.2. The summed E-state index contributed by atoms with van der Waals surface area (Å²) in [5.74, 6) is -2.10. The smallest absolute Gasteiger partial charge is 0.332 e. The third-order valence-electron chi connectivity index (χ3n) is 2.53. The number of unbranched alkanes of at least 4 members (excludes halogenated alkanes) is 5. The lowest BCUT2D eigenvalue weighted by Gasteiger charge is -2.11. The van der Waals surface area contributed by atoms with Crippen LogP contribution in [0.25, 0.3) is 0 Å². The van der Waals surface area contributed by atoms with Gasteiger partial charge >= 0.3 is 5.97 Å². The van der Waals surface area contributed by atoms with Gasteiger partial charge in [-0.05, 0) is 6.42 Å². The van der Waals surface area contributed by atoms with Crippen molar-refractivity contribution in [3.8, 4) is 0 Å². The molecule has 104 valence electrons. The summed E-state index contributed by atoms with van der Waals surface area (Å²) >= 11 is 0. The summed E-state index contributed by atoms with van der Waals surface area (Å²) < 4.78 is 4.36. The number of carboxylic acid groups (broad SMARTS) is 1. The predicted octanol–water partition coefficient (Wildman–Crippen LogP) is 0.743. The van der Waals surface area contributed by atoms with Crippen molar-refractivity contribution in [1.82, 2.24) is 5.32 Å². The summed E-state index contributed by atoms with van der Waals surface area (Å²) in [6.45, 7) is 2.67. The topological polar surface area (TPSA) is 78.5 Å². The van der Waals surface area contributed by atoms with Crippen LogP contribution in [0.2, 0.25) is 0 Å². The summed E-state index contributed by atoms with van der Waals surface area (Å²) in [6.07, 6.45) is 7.61. The molecule has 0 spiro atoms. The lowest BCUT2D eigenvalue weighted by atomic mass is 10.1. The van der Waals surface area contributed by atoms with E-state index < -0.39 is 11.9 Å². The van der Waals surface area contributed by atoms with Gasteiger partial charge in [-0.25, -0.2) is 4.79 Å². The highest BCUT2D eigenvalue weighted by Crippen LogP contribution is 2.04. The van der Waals surface area contributed by atoms with Crippen LogP contribution in [0.15, 0.2) is 11.8 Å². The second-order valence-electron chi connectivity index (χ2n) is 4.06. The third kappa shape index (κ3) is 8.61. The molecule has 0 saturated heterocycles. The van der Waals surface area contributed by atoms with E-state index in [9.17, 15) is 14.7 Å². The summed E-state index contributed by atoms with van der Waals surface area (Å²) in [7, 11) is 1.19. The van der Waals surface area contributed by atoms with Gasteiger partial charge in [-0.2, -0.15) is 0 Å². The van der Waals surface area contributed by atoms with Crippen LogP contribution in [-0.4, -0.2) is 25.6 Å². The molecule has 0 saturated carbocycles. The first-order valence-corrected chi connectivity index (χ1v) is 6.36. The molecule has 0 aliphatic carbocycles. The van der Waals surface area contributed by atoms with E-state index in [0.717, 1.165) is 25.3 Å². The normalized spacial score (nSPS) is 11.1. The first kappa shape index (κ1) is 16.5. The average molecular weight is 256 g/mol. The molecule has 0 rings (SSSR count). The Morgan fingerprint density at radius 1 is 1.17 bits per heavy atom. The number of hydrogen-bond acceptors (Lipinski definition) is 5. The quantitative estimate of drug-likeness (QED) is 0.354. The molecule has 18 heavy (non-hydrogen) atoms. The highest BCUT2D eigenvalue weighted by molar-refractivity contribution is 5.93. The maximum atomic E-state index is 10.9. The number of methoxy groups -OCH3 is 1. The Kier molecular flexibility index (Phi) is 9.73. The van der Waals surface area contributed by atoms with Gasteiger partial charge < -0.3 is 20.0 Å². The van der Waals surface area contributed by atoms with Gasteiger partial charge in [0.05, 0.1) is 18.8 Å². The minimum atomic E-state index is -1.40. The molecule has 1 N–H and O–H groups in total. The van der Waals surface area contributed by atoms with Gasteiger partial charge in [0.2, 0.25) is 0 Å². The van der Waals surface area contributed by atoms with Crippen molar-refractivity contribution in [2.45, 2.75) is 45.4 Å². The Morgan fingerprint density at radius 3 is 2.33 bits per heavy atom. The summed E-state index contributed by atoms with van der Waals surface area (Å²) in [6, 6.07) is 0. The molecule has 0 aliphatic rings. The van der Waals surface area contributed by atoms with Crippen LogP contribution in [0, 0.1) is 0 Å². The number of rotatable bonds is 10. The van der Waals surface area contributed by atoms with Crippen LogP contribution >= 0.6 is 0 Å². The summed E-state index contributed by atoms with van der Waals surface area (Å²) in [5.41, 5.74) is -0.226. The molecule has 0 aromatic heterocycles. The number of carbonyl (C=O) groups excluding carboxylic acids is 2. The number of aliphatic carboxylic acids is 1.